The van der Waals surface area contributed by atoms with Crippen molar-refractivity contribution in [2.45, 2.75) is 26.7 Å². The fourth-order valence-electron chi connectivity index (χ4n) is 1.77. The van der Waals surface area contributed by atoms with Crippen LogP contribution in [-0.4, -0.2) is 0 Å². The minimum atomic E-state index is -0.353. The van der Waals surface area contributed by atoms with E-state index in [9.17, 15) is 0 Å². The number of hydrogen-bond donors (Lipinski definition) is 0. The van der Waals surface area contributed by atoms with Gasteiger partial charge >= 0.3 is 0 Å². The molecule has 16 heavy (non-hydrogen) atoms. The van der Waals surface area contributed by atoms with Crippen LogP contribution in [0, 0.1) is 47.9 Å². The topological polar surface area (TPSA) is 0 Å². The second-order valence-corrected chi connectivity index (χ2v) is 3.88. The van der Waals surface area contributed by atoms with Gasteiger partial charge in [0.15, 0.2) is 0 Å². The monoisotopic (exact) mass is 208 g/mol. The molecule has 1 aliphatic carbocycles. The molecule has 0 saturated carbocycles. The van der Waals surface area contributed by atoms with Gasteiger partial charge in [-0.1, -0.05) is 31.1 Å². The molecule has 80 valence electrons. The van der Waals surface area contributed by atoms with Crippen molar-refractivity contribution in [3.63, 3.8) is 0 Å². The third-order valence-corrected chi connectivity index (χ3v) is 2.93. The largest absolute Gasteiger partial charge is 0.120 e. The van der Waals surface area contributed by atoms with Gasteiger partial charge in [0.2, 0.25) is 0 Å². The van der Waals surface area contributed by atoms with Gasteiger partial charge < -0.3 is 0 Å². The van der Waals surface area contributed by atoms with Crippen molar-refractivity contribution in [3.8, 4) is 36.5 Å². The van der Waals surface area contributed by atoms with Gasteiger partial charge in [-0.25, -0.2) is 0 Å². The lowest BCUT2D eigenvalue weighted by Crippen LogP contribution is -2.29. The molecule has 0 radical (unpaired) electrons. The summed E-state index contributed by atoms with van der Waals surface area (Å²) in [5.41, 5.74) is 0.811. The highest BCUT2D eigenvalue weighted by Crippen LogP contribution is 2.41. The smallest absolute Gasteiger partial charge is 0.0805 e. The van der Waals surface area contributed by atoms with Crippen LogP contribution in [-0.2, 0) is 0 Å². The first-order valence-corrected chi connectivity index (χ1v) is 5.49. The number of hydrogen-bond acceptors (Lipinski definition) is 0. The molecule has 0 spiro atoms. The van der Waals surface area contributed by atoms with Crippen LogP contribution < -0.4 is 0 Å². The van der Waals surface area contributed by atoms with Crippen LogP contribution in [0.1, 0.15) is 26.7 Å². The molecular formula is C16H16. The van der Waals surface area contributed by atoms with Gasteiger partial charge in [-0.3, -0.25) is 0 Å². The van der Waals surface area contributed by atoms with Crippen LogP contribution in [0.3, 0.4) is 0 Å². The van der Waals surface area contributed by atoms with E-state index in [1.807, 2.05) is 19.9 Å². The Morgan fingerprint density at radius 2 is 2.12 bits per heavy atom. The Labute approximate surface area is 98.8 Å². The molecule has 0 aromatic heterocycles. The molecule has 1 rings (SSSR count). The van der Waals surface area contributed by atoms with Crippen molar-refractivity contribution in [2.75, 3.05) is 0 Å². The highest BCUT2D eigenvalue weighted by molar-refractivity contribution is 5.48. The Morgan fingerprint density at radius 1 is 1.44 bits per heavy atom. The quantitative estimate of drug-likeness (QED) is 0.625. The zero-order valence-electron chi connectivity index (χ0n) is 9.88. The number of allylic oxidation sites excluding steroid dienone is 4. The summed E-state index contributed by atoms with van der Waals surface area (Å²) in [5, 5.41) is 0. The second kappa shape index (κ2) is 5.30. The molecule has 0 heteroatoms. The van der Waals surface area contributed by atoms with E-state index in [0.717, 1.165) is 12.0 Å². The summed E-state index contributed by atoms with van der Waals surface area (Å²) in [5.74, 6) is 11.9. The van der Waals surface area contributed by atoms with E-state index in [-0.39, 0.29) is 11.3 Å². The maximum absolute atomic E-state index is 5.54. The Hall–Kier alpha value is -1.84. The van der Waals surface area contributed by atoms with Gasteiger partial charge in [-0.2, -0.15) is 0 Å². The first kappa shape index (κ1) is 12.2. The predicted octanol–water partition coefficient (Wildman–Crippen LogP) is 3.18. The number of rotatable bonds is 3. The van der Waals surface area contributed by atoms with Crippen molar-refractivity contribution >= 4 is 0 Å². The van der Waals surface area contributed by atoms with Crippen molar-refractivity contribution in [3.05, 3.63) is 23.8 Å². The van der Waals surface area contributed by atoms with E-state index < -0.39 is 0 Å². The maximum atomic E-state index is 5.54. The fraction of sp³-hybridized carbons (Fsp3) is 0.375. The summed E-state index contributed by atoms with van der Waals surface area (Å²) in [6.45, 7) is 4.04. The third kappa shape index (κ3) is 2.05. The lowest BCUT2D eigenvalue weighted by molar-refractivity contribution is 0.401. The average molecular weight is 208 g/mol. The number of terminal acetylenes is 2. The summed E-state index contributed by atoms with van der Waals surface area (Å²) in [4.78, 5) is 0. The molecule has 0 aliphatic heterocycles. The van der Waals surface area contributed by atoms with Crippen LogP contribution >= 0.6 is 0 Å². The molecule has 0 fully saturated rings. The summed E-state index contributed by atoms with van der Waals surface area (Å²) in [6.07, 6.45) is 18.5. The van der Waals surface area contributed by atoms with E-state index in [0.29, 0.717) is 6.42 Å². The SMILES string of the molecule is C#CCC(C#CCC)(C1=CC=C1)C(C)C#C. The van der Waals surface area contributed by atoms with Crippen LogP contribution in [0.5, 0.6) is 0 Å². The molecule has 0 aromatic rings. The van der Waals surface area contributed by atoms with Crippen molar-refractivity contribution in [1.29, 1.82) is 0 Å². The summed E-state index contributed by atoms with van der Waals surface area (Å²) in [7, 11) is 0. The first-order valence-electron chi connectivity index (χ1n) is 5.49. The Morgan fingerprint density at radius 3 is 2.50 bits per heavy atom. The Balaban J connectivity index is 3.16. The van der Waals surface area contributed by atoms with Gasteiger partial charge in [0.1, 0.15) is 0 Å². The highest BCUT2D eigenvalue weighted by Gasteiger charge is 2.37. The van der Waals surface area contributed by atoms with Crippen molar-refractivity contribution in [1.82, 2.24) is 0 Å². The lowest BCUT2D eigenvalue weighted by atomic mass is 9.67. The molecule has 0 saturated heterocycles. The van der Waals surface area contributed by atoms with Gasteiger partial charge in [0, 0.05) is 18.8 Å². The minimum absolute atomic E-state index is 0.0267. The molecule has 0 amide bonds. The molecule has 1 aliphatic rings. The van der Waals surface area contributed by atoms with E-state index in [1.54, 1.807) is 0 Å². The third-order valence-electron chi connectivity index (χ3n) is 2.93. The lowest BCUT2D eigenvalue weighted by Gasteiger charge is -2.33. The van der Waals surface area contributed by atoms with Gasteiger partial charge in [-0.15, -0.1) is 30.6 Å². The van der Waals surface area contributed by atoms with E-state index >= 15 is 0 Å². The average Bonchev–Trinajstić information content (AvgIpc) is 2.22. The molecular weight excluding hydrogens is 192 g/mol. The zero-order valence-corrected chi connectivity index (χ0v) is 9.88. The van der Waals surface area contributed by atoms with Crippen LogP contribution in [0.15, 0.2) is 23.8 Å². The second-order valence-electron chi connectivity index (χ2n) is 3.88. The molecule has 0 heterocycles. The molecule has 2 atom stereocenters. The molecule has 0 nitrogen and oxygen atoms in total. The maximum Gasteiger partial charge on any atom is 0.0805 e. The van der Waals surface area contributed by atoms with Crippen molar-refractivity contribution in [2.24, 2.45) is 11.3 Å². The van der Waals surface area contributed by atoms with Gasteiger partial charge in [0.05, 0.1) is 5.41 Å². The molecule has 0 aromatic carbocycles. The van der Waals surface area contributed by atoms with Gasteiger partial charge in [0.25, 0.3) is 0 Å². The van der Waals surface area contributed by atoms with E-state index in [2.05, 4.69) is 35.8 Å². The normalized spacial score (nSPS) is 17.6. The summed E-state index contributed by atoms with van der Waals surface area (Å²) >= 11 is 0. The summed E-state index contributed by atoms with van der Waals surface area (Å²) in [6, 6.07) is 0. The Bertz CT molecular complexity index is 451. The summed E-state index contributed by atoms with van der Waals surface area (Å²) < 4.78 is 0. The minimum Gasteiger partial charge on any atom is -0.120 e. The van der Waals surface area contributed by atoms with E-state index in [4.69, 9.17) is 12.8 Å². The van der Waals surface area contributed by atoms with E-state index in [1.165, 1.54) is 0 Å². The van der Waals surface area contributed by atoms with Gasteiger partial charge in [-0.05, 0) is 12.5 Å². The highest BCUT2D eigenvalue weighted by atomic mass is 14.4. The zero-order chi connectivity index (χ0) is 12.0. The standard InChI is InChI=1S/C16H16/c1-5-8-13-16(12-6-2,14(4)7-3)15-10-9-11-15/h2-3,9-11,14H,5,12H2,1,4H3. The molecule has 0 N–H and O–H groups in total. The molecule has 0 bridgehead atoms. The fourth-order valence-corrected chi connectivity index (χ4v) is 1.77. The van der Waals surface area contributed by atoms with Crippen LogP contribution in [0.2, 0.25) is 0 Å². The Kier molecular flexibility index (Phi) is 4.05. The van der Waals surface area contributed by atoms with Crippen LogP contribution in [0.4, 0.5) is 0 Å². The molecule has 2 unspecified atom stereocenters. The van der Waals surface area contributed by atoms with Crippen LogP contribution in [0.25, 0.3) is 0 Å². The first-order chi connectivity index (χ1) is 7.71. The van der Waals surface area contributed by atoms with Crippen molar-refractivity contribution < 1.29 is 0 Å². The predicted molar refractivity (Wildman–Crippen MR) is 69.2 cm³/mol.